The summed E-state index contributed by atoms with van der Waals surface area (Å²) >= 11 is 11.7. The highest BCUT2D eigenvalue weighted by Crippen LogP contribution is 2.22. The van der Waals surface area contributed by atoms with Crippen molar-refractivity contribution in [2.45, 2.75) is 6.92 Å². The molecule has 0 saturated heterocycles. The molecule has 0 bridgehead atoms. The number of benzene rings is 1. The van der Waals surface area contributed by atoms with E-state index in [1.54, 1.807) is 24.3 Å². The van der Waals surface area contributed by atoms with Gasteiger partial charge in [-0.2, -0.15) is 0 Å². The molecule has 0 unspecified atom stereocenters. The highest BCUT2D eigenvalue weighted by molar-refractivity contribution is 6.37. The van der Waals surface area contributed by atoms with Crippen LogP contribution >= 0.6 is 23.2 Å². The minimum Gasteiger partial charge on any atom is -0.494 e. The molecule has 0 aliphatic heterocycles. The second-order valence-corrected chi connectivity index (χ2v) is 4.61. The van der Waals surface area contributed by atoms with Crippen LogP contribution in [0.25, 0.3) is 0 Å². The molecule has 0 atom stereocenters. The highest BCUT2D eigenvalue weighted by Gasteiger charge is 2.14. The number of ether oxygens (including phenoxy) is 1. The lowest BCUT2D eigenvalue weighted by Crippen LogP contribution is -2.05. The number of hydrogen-bond acceptors (Lipinski definition) is 3. The SMILES string of the molecule is CCOc1ccc(C(=O)c2ncc(Cl)cc2Cl)cc1. The zero-order chi connectivity index (χ0) is 13.8. The normalized spacial score (nSPS) is 10.3. The number of aromatic nitrogens is 1. The number of ketones is 1. The minimum absolute atomic E-state index is 0.190. The van der Waals surface area contributed by atoms with Gasteiger partial charge < -0.3 is 4.74 Å². The first kappa shape index (κ1) is 13.8. The molecule has 1 heterocycles. The molecule has 0 radical (unpaired) electrons. The molecule has 2 rings (SSSR count). The Kier molecular flexibility index (Phi) is 4.40. The van der Waals surface area contributed by atoms with Crippen molar-refractivity contribution in [1.29, 1.82) is 0 Å². The molecule has 5 heteroatoms. The Morgan fingerprint density at radius 1 is 1.26 bits per heavy atom. The van der Waals surface area contributed by atoms with Crippen LogP contribution in [-0.4, -0.2) is 17.4 Å². The lowest BCUT2D eigenvalue weighted by atomic mass is 10.1. The zero-order valence-corrected chi connectivity index (χ0v) is 11.7. The fraction of sp³-hybridized carbons (Fsp3) is 0.143. The van der Waals surface area contributed by atoms with Crippen LogP contribution in [-0.2, 0) is 0 Å². The van der Waals surface area contributed by atoms with Gasteiger partial charge in [-0.05, 0) is 37.3 Å². The zero-order valence-electron chi connectivity index (χ0n) is 10.2. The summed E-state index contributed by atoms with van der Waals surface area (Å²) in [6.45, 7) is 2.48. The molecular formula is C14H11Cl2NO2. The van der Waals surface area contributed by atoms with E-state index >= 15 is 0 Å². The predicted octanol–water partition coefficient (Wildman–Crippen LogP) is 4.02. The summed E-state index contributed by atoms with van der Waals surface area (Å²) in [5, 5.41) is 0.639. The first-order valence-electron chi connectivity index (χ1n) is 5.70. The van der Waals surface area contributed by atoms with Crippen molar-refractivity contribution in [3.63, 3.8) is 0 Å². The van der Waals surface area contributed by atoms with Gasteiger partial charge in [-0.15, -0.1) is 0 Å². The second-order valence-electron chi connectivity index (χ2n) is 3.77. The van der Waals surface area contributed by atoms with Gasteiger partial charge in [-0.1, -0.05) is 23.2 Å². The van der Waals surface area contributed by atoms with Crippen molar-refractivity contribution in [2.75, 3.05) is 6.61 Å². The van der Waals surface area contributed by atoms with Crippen LogP contribution in [0.1, 0.15) is 23.0 Å². The molecule has 0 aliphatic rings. The first-order chi connectivity index (χ1) is 9.11. The van der Waals surface area contributed by atoms with Gasteiger partial charge in [0.2, 0.25) is 5.78 Å². The molecule has 19 heavy (non-hydrogen) atoms. The molecule has 0 N–H and O–H groups in total. The Labute approximate surface area is 121 Å². The third-order valence-corrected chi connectivity index (χ3v) is 2.95. The predicted molar refractivity (Wildman–Crippen MR) is 75.3 cm³/mol. The second kappa shape index (κ2) is 6.04. The summed E-state index contributed by atoms with van der Waals surface area (Å²) in [6, 6.07) is 8.33. The van der Waals surface area contributed by atoms with E-state index in [0.29, 0.717) is 22.9 Å². The Morgan fingerprint density at radius 3 is 2.53 bits per heavy atom. The Balaban J connectivity index is 2.28. The van der Waals surface area contributed by atoms with Gasteiger partial charge >= 0.3 is 0 Å². The summed E-state index contributed by atoms with van der Waals surface area (Å²) in [5.74, 6) is 0.471. The van der Waals surface area contributed by atoms with E-state index in [1.807, 2.05) is 6.92 Å². The molecular weight excluding hydrogens is 285 g/mol. The van der Waals surface area contributed by atoms with Crippen molar-refractivity contribution in [3.05, 3.63) is 57.8 Å². The molecule has 0 amide bonds. The van der Waals surface area contributed by atoms with E-state index in [1.165, 1.54) is 12.3 Å². The number of pyridine rings is 1. The quantitative estimate of drug-likeness (QED) is 0.800. The van der Waals surface area contributed by atoms with Crippen molar-refractivity contribution in [2.24, 2.45) is 0 Å². The number of carbonyl (C=O) groups excluding carboxylic acids is 1. The molecule has 0 spiro atoms. The van der Waals surface area contributed by atoms with Gasteiger partial charge in [0.25, 0.3) is 0 Å². The molecule has 3 nitrogen and oxygen atoms in total. The highest BCUT2D eigenvalue weighted by atomic mass is 35.5. The fourth-order valence-corrected chi connectivity index (χ4v) is 2.05. The van der Waals surface area contributed by atoms with E-state index in [-0.39, 0.29) is 16.5 Å². The summed E-state index contributed by atoms with van der Waals surface area (Å²) in [7, 11) is 0. The van der Waals surface area contributed by atoms with Crippen LogP contribution in [0.15, 0.2) is 36.5 Å². The Hall–Kier alpha value is -1.58. The van der Waals surface area contributed by atoms with Crippen LogP contribution in [0.5, 0.6) is 5.75 Å². The number of hydrogen-bond donors (Lipinski definition) is 0. The molecule has 98 valence electrons. The molecule has 0 fully saturated rings. The van der Waals surface area contributed by atoms with Crippen LogP contribution in [0.2, 0.25) is 10.0 Å². The fourth-order valence-electron chi connectivity index (χ4n) is 1.59. The summed E-state index contributed by atoms with van der Waals surface area (Å²) < 4.78 is 5.32. The standard InChI is InChI=1S/C14H11Cl2NO2/c1-2-19-11-5-3-9(4-6-11)14(18)13-12(16)7-10(15)8-17-13/h3-8H,2H2,1H3. The van der Waals surface area contributed by atoms with Gasteiger partial charge in [0, 0.05) is 11.8 Å². The third kappa shape index (κ3) is 3.25. The van der Waals surface area contributed by atoms with E-state index < -0.39 is 0 Å². The maximum Gasteiger partial charge on any atom is 0.212 e. The van der Waals surface area contributed by atoms with Gasteiger partial charge in [-0.3, -0.25) is 4.79 Å². The van der Waals surface area contributed by atoms with E-state index in [2.05, 4.69) is 4.98 Å². The first-order valence-corrected chi connectivity index (χ1v) is 6.46. The smallest absolute Gasteiger partial charge is 0.212 e. The topological polar surface area (TPSA) is 39.2 Å². The van der Waals surface area contributed by atoms with Crippen LogP contribution in [0, 0.1) is 0 Å². The molecule has 1 aromatic heterocycles. The van der Waals surface area contributed by atoms with Gasteiger partial charge in [0.1, 0.15) is 11.4 Å². The molecule has 0 aliphatic carbocycles. The Bertz CT molecular complexity index is 597. The largest absolute Gasteiger partial charge is 0.494 e. The monoisotopic (exact) mass is 295 g/mol. The summed E-state index contributed by atoms with van der Waals surface area (Å²) in [6.07, 6.45) is 1.40. The lowest BCUT2D eigenvalue weighted by molar-refractivity contribution is 0.103. The van der Waals surface area contributed by atoms with Crippen LogP contribution in [0.3, 0.4) is 0 Å². The summed E-state index contributed by atoms with van der Waals surface area (Å²) in [4.78, 5) is 16.2. The van der Waals surface area contributed by atoms with Crippen LogP contribution in [0.4, 0.5) is 0 Å². The molecule has 0 saturated carbocycles. The lowest BCUT2D eigenvalue weighted by Gasteiger charge is -2.05. The van der Waals surface area contributed by atoms with E-state index in [4.69, 9.17) is 27.9 Å². The van der Waals surface area contributed by atoms with Crippen molar-refractivity contribution >= 4 is 29.0 Å². The molecule has 2 aromatic rings. The number of nitrogens with zero attached hydrogens (tertiary/aromatic N) is 1. The Morgan fingerprint density at radius 2 is 1.95 bits per heavy atom. The minimum atomic E-state index is -0.246. The number of rotatable bonds is 4. The maximum atomic E-state index is 12.2. The van der Waals surface area contributed by atoms with Gasteiger partial charge in [0.05, 0.1) is 16.7 Å². The summed E-state index contributed by atoms with van der Waals surface area (Å²) in [5.41, 5.74) is 0.690. The average Bonchev–Trinajstić information content (AvgIpc) is 2.39. The van der Waals surface area contributed by atoms with E-state index in [9.17, 15) is 4.79 Å². The van der Waals surface area contributed by atoms with E-state index in [0.717, 1.165) is 0 Å². The van der Waals surface area contributed by atoms with Gasteiger partial charge in [0.15, 0.2) is 0 Å². The molecule has 1 aromatic carbocycles. The van der Waals surface area contributed by atoms with Crippen LogP contribution < -0.4 is 4.74 Å². The maximum absolute atomic E-state index is 12.2. The average molecular weight is 296 g/mol. The van der Waals surface area contributed by atoms with Crippen molar-refractivity contribution in [1.82, 2.24) is 4.98 Å². The number of halogens is 2. The van der Waals surface area contributed by atoms with Gasteiger partial charge in [-0.25, -0.2) is 4.98 Å². The number of carbonyl (C=O) groups is 1. The third-order valence-electron chi connectivity index (χ3n) is 2.45. The van der Waals surface area contributed by atoms with Crippen molar-refractivity contribution in [3.8, 4) is 5.75 Å². The van der Waals surface area contributed by atoms with Crippen molar-refractivity contribution < 1.29 is 9.53 Å².